The number of benzene rings is 3. The minimum Gasteiger partial charge on any atom is -0.459 e. The molecule has 0 amide bonds. The summed E-state index contributed by atoms with van der Waals surface area (Å²) in [5.74, 6) is -1.25. The number of thioether (sulfide) groups is 1. The van der Waals surface area contributed by atoms with E-state index in [2.05, 4.69) is 0 Å². The number of aliphatic hydroxyl groups excluding tert-OH is 2. The summed E-state index contributed by atoms with van der Waals surface area (Å²) >= 11 is 7.16. The Bertz CT molecular complexity index is 1130. The molecular formula is C26H23ClO7S. The fourth-order valence-electron chi connectivity index (χ4n) is 3.49. The molecule has 182 valence electrons. The maximum atomic E-state index is 12.7. The van der Waals surface area contributed by atoms with Crippen LogP contribution in [-0.4, -0.2) is 58.6 Å². The van der Waals surface area contributed by atoms with Crippen LogP contribution in [0.2, 0.25) is 5.02 Å². The van der Waals surface area contributed by atoms with Crippen molar-refractivity contribution in [2.75, 3.05) is 6.61 Å². The zero-order chi connectivity index (χ0) is 24.8. The first-order chi connectivity index (χ1) is 16.9. The molecule has 0 aliphatic carbocycles. The summed E-state index contributed by atoms with van der Waals surface area (Å²) < 4.78 is 16.9. The van der Waals surface area contributed by atoms with Crippen LogP contribution in [0.4, 0.5) is 0 Å². The maximum Gasteiger partial charge on any atom is 0.338 e. The van der Waals surface area contributed by atoms with Crippen LogP contribution >= 0.6 is 23.4 Å². The quantitative estimate of drug-likeness (QED) is 0.457. The van der Waals surface area contributed by atoms with E-state index in [1.807, 2.05) is 0 Å². The third kappa shape index (κ3) is 6.42. The molecule has 1 aliphatic rings. The number of carbonyl (C=O) groups is 2. The van der Waals surface area contributed by atoms with Gasteiger partial charge < -0.3 is 24.4 Å². The highest BCUT2D eigenvalue weighted by atomic mass is 35.5. The van der Waals surface area contributed by atoms with Gasteiger partial charge in [0.15, 0.2) is 6.10 Å². The summed E-state index contributed by atoms with van der Waals surface area (Å²) in [6.07, 6.45) is -5.19. The van der Waals surface area contributed by atoms with Crippen LogP contribution in [-0.2, 0) is 14.2 Å². The number of aliphatic hydroxyl groups is 2. The predicted octanol–water partition coefficient (Wildman–Crippen LogP) is 3.96. The molecule has 0 bridgehead atoms. The molecule has 2 N–H and O–H groups in total. The summed E-state index contributed by atoms with van der Waals surface area (Å²) in [6.45, 7) is -0.303. The van der Waals surface area contributed by atoms with Gasteiger partial charge in [-0.25, -0.2) is 9.59 Å². The Balaban J connectivity index is 1.51. The highest BCUT2D eigenvalue weighted by Crippen LogP contribution is 2.36. The van der Waals surface area contributed by atoms with Crippen LogP contribution in [0.3, 0.4) is 0 Å². The zero-order valence-corrected chi connectivity index (χ0v) is 20.0. The molecule has 0 radical (unpaired) electrons. The van der Waals surface area contributed by atoms with E-state index in [0.29, 0.717) is 16.1 Å². The minimum absolute atomic E-state index is 0.295. The van der Waals surface area contributed by atoms with Crippen LogP contribution in [0, 0.1) is 0 Å². The SMILES string of the molecule is O=C(OC[C@H]1O[C@@H](Sc2ccc(Cl)cc2)[C@H](OC(=O)c2ccccc2)[C@@H](O)[C@H]1O)c1ccccc1. The Labute approximate surface area is 211 Å². The van der Waals surface area contributed by atoms with Crippen LogP contribution in [0.1, 0.15) is 20.7 Å². The Hall–Kier alpha value is -2.88. The van der Waals surface area contributed by atoms with Crippen molar-refractivity contribution in [2.24, 2.45) is 0 Å². The normalized spacial score (nSPS) is 23.9. The molecule has 1 saturated heterocycles. The van der Waals surface area contributed by atoms with Crippen molar-refractivity contribution in [1.82, 2.24) is 0 Å². The van der Waals surface area contributed by atoms with Crippen molar-refractivity contribution >= 4 is 35.3 Å². The van der Waals surface area contributed by atoms with Crippen molar-refractivity contribution in [2.45, 2.75) is 34.7 Å². The number of halogens is 1. The summed E-state index contributed by atoms with van der Waals surface area (Å²) in [6, 6.07) is 23.6. The van der Waals surface area contributed by atoms with E-state index < -0.39 is 41.8 Å². The molecule has 35 heavy (non-hydrogen) atoms. The average Bonchev–Trinajstić information content (AvgIpc) is 2.89. The molecule has 0 saturated carbocycles. The Kier molecular flexibility index (Phi) is 8.43. The zero-order valence-electron chi connectivity index (χ0n) is 18.4. The standard InChI is InChI=1S/C26H23ClO7S/c27-18-11-13-19(14-12-18)35-26-23(34-25(31)17-9-5-2-6-10-17)22(29)21(28)20(33-26)15-32-24(30)16-7-3-1-4-8-16/h1-14,20-23,26,28-29H,15H2/t20-,21+,22+,23-,26+/m1/s1. The Morgan fingerprint density at radius 2 is 1.40 bits per heavy atom. The second kappa shape index (κ2) is 11.7. The molecule has 5 atom stereocenters. The molecule has 3 aromatic rings. The lowest BCUT2D eigenvalue weighted by molar-refractivity contribution is -0.206. The number of carbonyl (C=O) groups excluding carboxylic acids is 2. The first-order valence-electron chi connectivity index (χ1n) is 10.8. The van der Waals surface area contributed by atoms with Crippen molar-refractivity contribution < 1.29 is 34.0 Å². The van der Waals surface area contributed by atoms with Gasteiger partial charge >= 0.3 is 11.9 Å². The Morgan fingerprint density at radius 1 is 0.829 bits per heavy atom. The lowest BCUT2D eigenvalue weighted by atomic mass is 10.00. The molecular weight excluding hydrogens is 492 g/mol. The van der Waals surface area contributed by atoms with Gasteiger partial charge in [0.1, 0.15) is 30.4 Å². The van der Waals surface area contributed by atoms with E-state index in [4.69, 9.17) is 25.8 Å². The molecule has 9 heteroatoms. The monoisotopic (exact) mass is 514 g/mol. The van der Waals surface area contributed by atoms with Gasteiger partial charge in [0.2, 0.25) is 0 Å². The van der Waals surface area contributed by atoms with Crippen LogP contribution in [0.5, 0.6) is 0 Å². The topological polar surface area (TPSA) is 102 Å². The van der Waals surface area contributed by atoms with Gasteiger partial charge in [-0.15, -0.1) is 0 Å². The molecule has 1 heterocycles. The van der Waals surface area contributed by atoms with Gasteiger partial charge in [-0.2, -0.15) is 0 Å². The van der Waals surface area contributed by atoms with Gasteiger partial charge in [-0.1, -0.05) is 59.8 Å². The fourth-order valence-corrected chi connectivity index (χ4v) is 4.73. The third-order valence-electron chi connectivity index (χ3n) is 5.35. The second-order valence-electron chi connectivity index (χ2n) is 7.80. The second-order valence-corrected chi connectivity index (χ2v) is 9.40. The van der Waals surface area contributed by atoms with Crippen LogP contribution in [0.15, 0.2) is 89.8 Å². The van der Waals surface area contributed by atoms with E-state index in [1.54, 1.807) is 84.9 Å². The summed E-state index contributed by atoms with van der Waals surface area (Å²) in [5, 5.41) is 22.2. The minimum atomic E-state index is -1.48. The first-order valence-corrected chi connectivity index (χ1v) is 12.1. The van der Waals surface area contributed by atoms with Crippen LogP contribution in [0.25, 0.3) is 0 Å². The number of rotatable bonds is 7. The van der Waals surface area contributed by atoms with Gasteiger partial charge in [-0.05, 0) is 48.5 Å². The lowest BCUT2D eigenvalue weighted by Gasteiger charge is -2.41. The van der Waals surface area contributed by atoms with E-state index in [0.717, 1.165) is 4.90 Å². The smallest absolute Gasteiger partial charge is 0.338 e. The van der Waals surface area contributed by atoms with Crippen molar-refractivity contribution in [3.05, 3.63) is 101 Å². The number of hydrogen-bond acceptors (Lipinski definition) is 8. The third-order valence-corrected chi connectivity index (χ3v) is 6.76. The highest BCUT2D eigenvalue weighted by molar-refractivity contribution is 7.99. The molecule has 1 fully saturated rings. The van der Waals surface area contributed by atoms with E-state index in [9.17, 15) is 19.8 Å². The van der Waals surface area contributed by atoms with Crippen molar-refractivity contribution in [3.8, 4) is 0 Å². The highest BCUT2D eigenvalue weighted by Gasteiger charge is 2.47. The van der Waals surface area contributed by atoms with Crippen molar-refractivity contribution in [3.63, 3.8) is 0 Å². The van der Waals surface area contributed by atoms with Gasteiger partial charge in [0.25, 0.3) is 0 Å². The molecule has 0 spiro atoms. The fraction of sp³-hybridized carbons (Fsp3) is 0.231. The molecule has 4 rings (SSSR count). The summed E-state index contributed by atoms with van der Waals surface area (Å²) in [4.78, 5) is 25.8. The first kappa shape index (κ1) is 25.2. The number of hydrogen-bond donors (Lipinski definition) is 2. The van der Waals surface area contributed by atoms with Gasteiger partial charge in [-0.3, -0.25) is 0 Å². The summed E-state index contributed by atoms with van der Waals surface area (Å²) in [5.41, 5.74) is -0.258. The van der Waals surface area contributed by atoms with Crippen LogP contribution < -0.4 is 0 Å². The van der Waals surface area contributed by atoms with E-state index in [-0.39, 0.29) is 6.61 Å². The maximum absolute atomic E-state index is 12.7. The molecule has 0 aromatic heterocycles. The Morgan fingerprint density at radius 3 is 2.00 bits per heavy atom. The lowest BCUT2D eigenvalue weighted by Crippen LogP contribution is -2.59. The molecule has 7 nitrogen and oxygen atoms in total. The molecule has 0 unspecified atom stereocenters. The van der Waals surface area contributed by atoms with Crippen molar-refractivity contribution in [1.29, 1.82) is 0 Å². The average molecular weight is 515 g/mol. The summed E-state index contributed by atoms with van der Waals surface area (Å²) in [7, 11) is 0. The largest absolute Gasteiger partial charge is 0.459 e. The predicted molar refractivity (Wildman–Crippen MR) is 130 cm³/mol. The van der Waals surface area contributed by atoms with Gasteiger partial charge in [0.05, 0.1) is 11.1 Å². The molecule has 3 aromatic carbocycles. The molecule has 1 aliphatic heterocycles. The number of ether oxygens (including phenoxy) is 3. The van der Waals surface area contributed by atoms with Gasteiger partial charge in [0, 0.05) is 9.92 Å². The van der Waals surface area contributed by atoms with E-state index >= 15 is 0 Å². The van der Waals surface area contributed by atoms with E-state index in [1.165, 1.54) is 11.8 Å². The number of esters is 2.